The molecule has 1 aliphatic carbocycles. The third-order valence-corrected chi connectivity index (χ3v) is 4.97. The molecule has 26 heavy (non-hydrogen) atoms. The zero-order valence-corrected chi connectivity index (χ0v) is 15.7. The van der Waals surface area contributed by atoms with Crippen LogP contribution in [-0.4, -0.2) is 19.1 Å². The van der Waals surface area contributed by atoms with E-state index < -0.39 is 6.10 Å². The molecule has 0 aliphatic heterocycles. The van der Waals surface area contributed by atoms with Gasteiger partial charge in [-0.1, -0.05) is 24.3 Å². The average molecular weight is 353 g/mol. The first-order valence-electron chi connectivity index (χ1n) is 9.30. The lowest BCUT2D eigenvalue weighted by molar-refractivity contribution is -0.127. The molecule has 0 saturated carbocycles. The molecule has 0 bridgehead atoms. The first-order valence-corrected chi connectivity index (χ1v) is 9.30. The van der Waals surface area contributed by atoms with Gasteiger partial charge in [0, 0.05) is 5.56 Å². The number of carbonyl (C=O) groups excluding carboxylic acids is 1. The second-order valence-electron chi connectivity index (χ2n) is 6.87. The van der Waals surface area contributed by atoms with Crippen molar-refractivity contribution in [1.82, 2.24) is 5.32 Å². The summed E-state index contributed by atoms with van der Waals surface area (Å²) in [5, 5.41) is 3.01. The van der Waals surface area contributed by atoms with Crippen LogP contribution in [0.4, 0.5) is 0 Å². The van der Waals surface area contributed by atoms with Crippen molar-refractivity contribution in [2.24, 2.45) is 0 Å². The van der Waals surface area contributed by atoms with Crippen molar-refractivity contribution in [2.45, 2.75) is 51.7 Å². The van der Waals surface area contributed by atoms with Crippen molar-refractivity contribution >= 4 is 5.91 Å². The van der Waals surface area contributed by atoms with Crippen molar-refractivity contribution in [3.63, 3.8) is 0 Å². The standard InChI is InChI=1S/C22H27NO3/c1-15(20-10-6-7-11-21(20)25-3)23-22(24)16(2)26-19-13-12-17-8-4-5-9-18(17)14-19/h6-7,10-16H,4-5,8-9H2,1-3H3,(H,23,24)/t15-,16-/m1/s1. The summed E-state index contributed by atoms with van der Waals surface area (Å²) in [6, 6.07) is 13.7. The second kappa shape index (κ2) is 8.26. The normalized spacial score (nSPS) is 15.5. The molecule has 0 fully saturated rings. The number of ether oxygens (including phenoxy) is 2. The lowest BCUT2D eigenvalue weighted by Crippen LogP contribution is -2.37. The fraction of sp³-hybridized carbons (Fsp3) is 0.409. The smallest absolute Gasteiger partial charge is 0.261 e. The number of rotatable bonds is 6. The molecule has 2 aromatic carbocycles. The Bertz CT molecular complexity index is 772. The minimum atomic E-state index is -0.561. The van der Waals surface area contributed by atoms with E-state index in [1.165, 1.54) is 24.0 Å². The zero-order chi connectivity index (χ0) is 18.5. The van der Waals surface area contributed by atoms with Gasteiger partial charge in [-0.3, -0.25) is 4.79 Å². The van der Waals surface area contributed by atoms with Gasteiger partial charge in [0.05, 0.1) is 13.2 Å². The number of benzene rings is 2. The van der Waals surface area contributed by atoms with E-state index in [4.69, 9.17) is 9.47 Å². The molecule has 0 radical (unpaired) electrons. The molecule has 0 spiro atoms. The molecule has 1 aliphatic rings. The number of nitrogens with one attached hydrogen (secondary N) is 1. The SMILES string of the molecule is COc1ccccc1[C@@H](C)NC(=O)[C@@H](C)Oc1ccc2c(c1)CCCC2. The highest BCUT2D eigenvalue weighted by molar-refractivity contribution is 5.81. The summed E-state index contributed by atoms with van der Waals surface area (Å²) in [4.78, 5) is 12.5. The van der Waals surface area contributed by atoms with Crippen LogP contribution in [0.3, 0.4) is 0 Å². The summed E-state index contributed by atoms with van der Waals surface area (Å²) in [6.07, 6.45) is 4.16. The Morgan fingerprint density at radius 3 is 2.54 bits per heavy atom. The molecule has 2 aromatic rings. The van der Waals surface area contributed by atoms with Gasteiger partial charge >= 0.3 is 0 Å². The summed E-state index contributed by atoms with van der Waals surface area (Å²) in [6.45, 7) is 3.73. The Morgan fingerprint density at radius 1 is 1.04 bits per heavy atom. The highest BCUT2D eigenvalue weighted by atomic mass is 16.5. The average Bonchev–Trinajstić information content (AvgIpc) is 2.67. The van der Waals surface area contributed by atoms with Crippen LogP contribution in [0, 0.1) is 0 Å². The first-order chi connectivity index (χ1) is 12.6. The van der Waals surface area contributed by atoms with Crippen molar-refractivity contribution < 1.29 is 14.3 Å². The summed E-state index contributed by atoms with van der Waals surface area (Å²) in [5.74, 6) is 1.39. The number of hydrogen-bond acceptors (Lipinski definition) is 3. The number of para-hydroxylation sites is 1. The Balaban J connectivity index is 1.62. The fourth-order valence-corrected chi connectivity index (χ4v) is 3.47. The highest BCUT2D eigenvalue weighted by Crippen LogP contribution is 2.27. The summed E-state index contributed by atoms with van der Waals surface area (Å²) < 4.78 is 11.3. The number of methoxy groups -OCH3 is 1. The molecule has 1 amide bonds. The minimum absolute atomic E-state index is 0.138. The largest absolute Gasteiger partial charge is 0.496 e. The summed E-state index contributed by atoms with van der Waals surface area (Å²) in [7, 11) is 1.63. The quantitative estimate of drug-likeness (QED) is 0.846. The molecule has 4 heteroatoms. The first kappa shape index (κ1) is 18.3. The van der Waals surface area contributed by atoms with Gasteiger partial charge in [0.15, 0.2) is 6.10 Å². The van der Waals surface area contributed by atoms with Gasteiger partial charge in [-0.25, -0.2) is 0 Å². The fourth-order valence-electron chi connectivity index (χ4n) is 3.47. The molecule has 0 saturated heterocycles. The maximum atomic E-state index is 12.5. The Labute approximate surface area is 155 Å². The van der Waals surface area contributed by atoms with Crippen LogP contribution in [0.15, 0.2) is 42.5 Å². The molecule has 0 aromatic heterocycles. The van der Waals surface area contributed by atoms with Gasteiger partial charge in [0.1, 0.15) is 11.5 Å². The Kier molecular flexibility index (Phi) is 5.82. The van der Waals surface area contributed by atoms with E-state index in [1.807, 2.05) is 37.3 Å². The van der Waals surface area contributed by atoms with Gasteiger partial charge in [-0.2, -0.15) is 0 Å². The van der Waals surface area contributed by atoms with E-state index in [2.05, 4.69) is 17.4 Å². The van der Waals surface area contributed by atoms with E-state index >= 15 is 0 Å². The minimum Gasteiger partial charge on any atom is -0.496 e. The predicted molar refractivity (Wildman–Crippen MR) is 103 cm³/mol. The lowest BCUT2D eigenvalue weighted by atomic mass is 9.92. The number of hydrogen-bond donors (Lipinski definition) is 1. The van der Waals surface area contributed by atoms with Crippen LogP contribution in [0.5, 0.6) is 11.5 Å². The van der Waals surface area contributed by atoms with Gasteiger partial charge in [-0.15, -0.1) is 0 Å². The molecule has 0 heterocycles. The molecule has 2 atom stereocenters. The van der Waals surface area contributed by atoms with Gasteiger partial charge in [0.2, 0.25) is 0 Å². The summed E-state index contributed by atoms with van der Waals surface area (Å²) >= 11 is 0. The third-order valence-electron chi connectivity index (χ3n) is 4.97. The van der Waals surface area contributed by atoms with Crippen molar-refractivity contribution in [3.05, 3.63) is 59.2 Å². The van der Waals surface area contributed by atoms with Crippen LogP contribution in [0.2, 0.25) is 0 Å². The molecule has 138 valence electrons. The molecular formula is C22H27NO3. The van der Waals surface area contributed by atoms with Crippen LogP contribution in [-0.2, 0) is 17.6 Å². The van der Waals surface area contributed by atoms with Crippen molar-refractivity contribution in [3.8, 4) is 11.5 Å². The molecule has 0 unspecified atom stereocenters. The van der Waals surface area contributed by atoms with E-state index in [1.54, 1.807) is 14.0 Å². The van der Waals surface area contributed by atoms with Crippen molar-refractivity contribution in [1.29, 1.82) is 0 Å². The van der Waals surface area contributed by atoms with Gasteiger partial charge in [-0.05, 0) is 68.9 Å². The van der Waals surface area contributed by atoms with E-state index in [-0.39, 0.29) is 11.9 Å². The lowest BCUT2D eigenvalue weighted by Gasteiger charge is -2.21. The highest BCUT2D eigenvalue weighted by Gasteiger charge is 2.20. The Hall–Kier alpha value is -2.49. The van der Waals surface area contributed by atoms with Crippen LogP contribution >= 0.6 is 0 Å². The van der Waals surface area contributed by atoms with Gasteiger partial charge < -0.3 is 14.8 Å². The second-order valence-corrected chi connectivity index (χ2v) is 6.87. The number of amides is 1. The summed E-state index contributed by atoms with van der Waals surface area (Å²) in [5.41, 5.74) is 3.71. The van der Waals surface area contributed by atoms with Crippen LogP contribution in [0.1, 0.15) is 49.4 Å². The van der Waals surface area contributed by atoms with E-state index in [9.17, 15) is 4.79 Å². The monoisotopic (exact) mass is 353 g/mol. The molecule has 1 N–H and O–H groups in total. The maximum Gasteiger partial charge on any atom is 0.261 e. The molecule has 4 nitrogen and oxygen atoms in total. The third kappa shape index (κ3) is 4.18. The van der Waals surface area contributed by atoms with Crippen LogP contribution in [0.25, 0.3) is 0 Å². The topological polar surface area (TPSA) is 47.6 Å². The molecular weight excluding hydrogens is 326 g/mol. The van der Waals surface area contributed by atoms with Gasteiger partial charge in [0.25, 0.3) is 5.91 Å². The van der Waals surface area contributed by atoms with E-state index in [0.29, 0.717) is 0 Å². The predicted octanol–water partition coefficient (Wildman–Crippen LogP) is 4.22. The number of aryl methyl sites for hydroxylation is 2. The number of carbonyl (C=O) groups is 1. The number of fused-ring (bicyclic) bond motifs is 1. The van der Waals surface area contributed by atoms with Crippen LogP contribution < -0.4 is 14.8 Å². The molecule has 3 rings (SSSR count). The van der Waals surface area contributed by atoms with E-state index in [0.717, 1.165) is 29.9 Å². The van der Waals surface area contributed by atoms with Crippen molar-refractivity contribution in [2.75, 3.05) is 7.11 Å². The zero-order valence-electron chi connectivity index (χ0n) is 15.7. The Morgan fingerprint density at radius 2 is 1.77 bits per heavy atom. The maximum absolute atomic E-state index is 12.5.